The fourth-order valence-corrected chi connectivity index (χ4v) is 3.34. The van der Waals surface area contributed by atoms with Gasteiger partial charge in [0.25, 0.3) is 0 Å². The number of nitrogens with one attached hydrogen (secondary N) is 1. The van der Waals surface area contributed by atoms with Crippen LogP contribution >= 0.6 is 0 Å². The van der Waals surface area contributed by atoms with Gasteiger partial charge in [-0.15, -0.1) is 0 Å². The lowest BCUT2D eigenvalue weighted by atomic mass is 10.1. The van der Waals surface area contributed by atoms with Crippen molar-refractivity contribution in [2.45, 2.75) is 44.4 Å². The number of ether oxygens (including phenoxy) is 1. The SMILES string of the molecule is C[C@@H]1C[C@H]1c1ccc(CN[C@H]2CCO[C@@H]2c2nccn2C)o1. The van der Waals surface area contributed by atoms with Crippen LogP contribution in [0.2, 0.25) is 0 Å². The molecule has 4 rings (SSSR count). The van der Waals surface area contributed by atoms with Crippen LogP contribution in [0.3, 0.4) is 0 Å². The van der Waals surface area contributed by atoms with Gasteiger partial charge in [-0.1, -0.05) is 6.92 Å². The number of aryl methyl sites for hydroxylation is 1. The summed E-state index contributed by atoms with van der Waals surface area (Å²) in [4.78, 5) is 4.42. The number of aromatic nitrogens is 2. The summed E-state index contributed by atoms with van der Waals surface area (Å²) >= 11 is 0. The van der Waals surface area contributed by atoms with Crippen LogP contribution in [0.1, 0.15) is 49.1 Å². The fourth-order valence-electron chi connectivity index (χ4n) is 3.34. The van der Waals surface area contributed by atoms with Crippen molar-refractivity contribution in [2.24, 2.45) is 13.0 Å². The Bertz CT molecular complexity index is 648. The molecule has 4 atom stereocenters. The van der Waals surface area contributed by atoms with Crippen molar-refractivity contribution in [1.82, 2.24) is 14.9 Å². The molecule has 0 bridgehead atoms. The van der Waals surface area contributed by atoms with E-state index in [4.69, 9.17) is 9.15 Å². The number of furan rings is 1. The topological polar surface area (TPSA) is 52.2 Å². The second kappa shape index (κ2) is 5.56. The summed E-state index contributed by atoms with van der Waals surface area (Å²) in [7, 11) is 2.01. The third-order valence-electron chi connectivity index (χ3n) is 4.90. The van der Waals surface area contributed by atoms with Gasteiger partial charge in [-0.25, -0.2) is 4.98 Å². The molecule has 0 amide bonds. The van der Waals surface area contributed by atoms with Gasteiger partial charge in [0.05, 0.1) is 6.54 Å². The Kier molecular flexibility index (Phi) is 3.54. The normalized spacial score (nSPS) is 30.8. The molecule has 2 fully saturated rings. The predicted octanol–water partition coefficient (Wildman–Crippen LogP) is 2.76. The maximum Gasteiger partial charge on any atom is 0.139 e. The first-order chi connectivity index (χ1) is 10.7. The minimum atomic E-state index is 0.0258. The van der Waals surface area contributed by atoms with E-state index in [1.54, 1.807) is 0 Å². The number of imidazole rings is 1. The van der Waals surface area contributed by atoms with Gasteiger partial charge in [0.2, 0.25) is 0 Å². The highest BCUT2D eigenvalue weighted by Crippen LogP contribution is 2.47. The molecule has 1 aliphatic heterocycles. The van der Waals surface area contributed by atoms with Crippen molar-refractivity contribution >= 4 is 0 Å². The summed E-state index contributed by atoms with van der Waals surface area (Å²) in [6.07, 6.45) is 6.08. The second-order valence-corrected chi connectivity index (χ2v) is 6.59. The first-order valence-electron chi connectivity index (χ1n) is 8.13. The van der Waals surface area contributed by atoms with Crippen LogP contribution in [0.5, 0.6) is 0 Å². The van der Waals surface area contributed by atoms with Crippen molar-refractivity contribution in [3.63, 3.8) is 0 Å². The van der Waals surface area contributed by atoms with Crippen LogP contribution < -0.4 is 5.32 Å². The van der Waals surface area contributed by atoms with Crippen molar-refractivity contribution < 1.29 is 9.15 Å². The minimum absolute atomic E-state index is 0.0258. The van der Waals surface area contributed by atoms with Gasteiger partial charge in [0.15, 0.2) is 0 Å². The van der Waals surface area contributed by atoms with E-state index in [2.05, 4.69) is 29.4 Å². The Hall–Kier alpha value is -1.59. The van der Waals surface area contributed by atoms with Gasteiger partial charge in [-0.05, 0) is 30.9 Å². The third kappa shape index (κ3) is 2.59. The smallest absolute Gasteiger partial charge is 0.139 e. The maximum absolute atomic E-state index is 5.96. The standard InChI is InChI=1S/C17H23N3O2/c1-11-9-13(11)15-4-3-12(22-15)10-19-14-5-8-21-16(14)17-18-6-7-20(17)2/h3-4,6-7,11,13-14,16,19H,5,8-10H2,1-2H3/t11-,13-,14+,16+/m1/s1. The van der Waals surface area contributed by atoms with E-state index in [1.807, 2.05) is 24.0 Å². The van der Waals surface area contributed by atoms with Crippen LogP contribution in [0.25, 0.3) is 0 Å². The summed E-state index contributed by atoms with van der Waals surface area (Å²) in [5.74, 6) is 4.57. The molecule has 0 aromatic carbocycles. The van der Waals surface area contributed by atoms with Gasteiger partial charge in [0.1, 0.15) is 23.4 Å². The summed E-state index contributed by atoms with van der Waals surface area (Å²) in [6.45, 7) is 3.80. The van der Waals surface area contributed by atoms with Gasteiger partial charge in [-0.3, -0.25) is 0 Å². The quantitative estimate of drug-likeness (QED) is 0.922. The van der Waals surface area contributed by atoms with Crippen molar-refractivity contribution in [3.8, 4) is 0 Å². The molecule has 1 saturated heterocycles. The first kappa shape index (κ1) is 14.0. The van der Waals surface area contributed by atoms with E-state index in [0.717, 1.165) is 42.8 Å². The Morgan fingerprint density at radius 1 is 1.41 bits per heavy atom. The van der Waals surface area contributed by atoms with Crippen LogP contribution in [-0.2, 0) is 18.3 Å². The molecule has 22 heavy (non-hydrogen) atoms. The van der Waals surface area contributed by atoms with Crippen LogP contribution in [-0.4, -0.2) is 22.2 Å². The second-order valence-electron chi connectivity index (χ2n) is 6.59. The Balaban J connectivity index is 1.38. The third-order valence-corrected chi connectivity index (χ3v) is 4.90. The zero-order valence-corrected chi connectivity index (χ0v) is 13.2. The molecule has 0 spiro atoms. The molecule has 1 aliphatic carbocycles. The number of hydrogen-bond donors (Lipinski definition) is 1. The zero-order valence-electron chi connectivity index (χ0n) is 13.2. The van der Waals surface area contributed by atoms with Crippen LogP contribution in [0, 0.1) is 5.92 Å². The molecule has 5 nitrogen and oxygen atoms in total. The molecule has 1 N–H and O–H groups in total. The fraction of sp³-hybridized carbons (Fsp3) is 0.588. The number of hydrogen-bond acceptors (Lipinski definition) is 4. The average Bonchev–Trinajstić information content (AvgIpc) is 2.97. The van der Waals surface area contributed by atoms with Gasteiger partial charge < -0.3 is 19.0 Å². The lowest BCUT2D eigenvalue weighted by molar-refractivity contribution is 0.0889. The monoisotopic (exact) mass is 301 g/mol. The average molecular weight is 301 g/mol. The molecular formula is C17H23N3O2. The minimum Gasteiger partial charge on any atom is -0.464 e. The summed E-state index contributed by atoms with van der Waals surface area (Å²) < 4.78 is 13.9. The molecule has 2 aromatic rings. The number of rotatable bonds is 5. The summed E-state index contributed by atoms with van der Waals surface area (Å²) in [5, 5.41) is 3.58. The molecule has 118 valence electrons. The molecular weight excluding hydrogens is 278 g/mol. The Morgan fingerprint density at radius 3 is 3.00 bits per heavy atom. The van der Waals surface area contributed by atoms with E-state index in [0.29, 0.717) is 5.92 Å². The lowest BCUT2D eigenvalue weighted by Crippen LogP contribution is -2.32. The van der Waals surface area contributed by atoms with E-state index >= 15 is 0 Å². The zero-order chi connectivity index (χ0) is 15.1. The molecule has 5 heteroatoms. The molecule has 0 unspecified atom stereocenters. The lowest BCUT2D eigenvalue weighted by Gasteiger charge is -2.19. The maximum atomic E-state index is 5.96. The van der Waals surface area contributed by atoms with E-state index in [-0.39, 0.29) is 12.1 Å². The van der Waals surface area contributed by atoms with Crippen LogP contribution in [0.15, 0.2) is 28.9 Å². The highest BCUT2D eigenvalue weighted by atomic mass is 16.5. The molecule has 0 radical (unpaired) electrons. The van der Waals surface area contributed by atoms with E-state index < -0.39 is 0 Å². The van der Waals surface area contributed by atoms with Gasteiger partial charge in [-0.2, -0.15) is 0 Å². The molecule has 2 aromatic heterocycles. The molecule has 3 heterocycles. The largest absolute Gasteiger partial charge is 0.464 e. The number of nitrogens with zero attached hydrogens (tertiary/aromatic N) is 2. The summed E-state index contributed by atoms with van der Waals surface area (Å²) in [5.41, 5.74) is 0. The van der Waals surface area contributed by atoms with Crippen LogP contribution in [0.4, 0.5) is 0 Å². The molecule has 1 saturated carbocycles. The Labute approximate surface area is 130 Å². The first-order valence-corrected chi connectivity index (χ1v) is 8.13. The van der Waals surface area contributed by atoms with E-state index in [9.17, 15) is 0 Å². The van der Waals surface area contributed by atoms with Gasteiger partial charge in [0, 0.05) is 38.0 Å². The highest BCUT2D eigenvalue weighted by molar-refractivity contribution is 5.17. The molecule has 2 aliphatic rings. The van der Waals surface area contributed by atoms with Crippen molar-refractivity contribution in [2.75, 3.05) is 6.61 Å². The predicted molar refractivity (Wildman–Crippen MR) is 82.4 cm³/mol. The van der Waals surface area contributed by atoms with Crippen molar-refractivity contribution in [3.05, 3.63) is 41.9 Å². The van der Waals surface area contributed by atoms with Gasteiger partial charge >= 0.3 is 0 Å². The Morgan fingerprint density at radius 2 is 2.27 bits per heavy atom. The highest BCUT2D eigenvalue weighted by Gasteiger charge is 2.37. The summed E-state index contributed by atoms with van der Waals surface area (Å²) in [6, 6.07) is 4.51. The van der Waals surface area contributed by atoms with Crippen molar-refractivity contribution in [1.29, 1.82) is 0 Å². The van der Waals surface area contributed by atoms with E-state index in [1.165, 1.54) is 6.42 Å².